The summed E-state index contributed by atoms with van der Waals surface area (Å²) in [5.41, 5.74) is 6.01. The Morgan fingerprint density at radius 2 is 2.09 bits per heavy atom. The van der Waals surface area contributed by atoms with E-state index < -0.39 is 0 Å². The van der Waals surface area contributed by atoms with Crippen molar-refractivity contribution in [3.05, 3.63) is 0 Å². The average Bonchev–Trinajstić information content (AvgIpc) is 2.59. The van der Waals surface area contributed by atoms with Crippen LogP contribution < -0.4 is 5.73 Å². The molecule has 66 valence electrons. The van der Waals surface area contributed by atoms with E-state index in [4.69, 9.17) is 10.5 Å². The zero-order chi connectivity index (χ0) is 8.70. The lowest BCUT2D eigenvalue weighted by Crippen LogP contribution is -2.40. The Labute approximate surface area is 69.1 Å². The standard InChI is InChI=1S/C9H19NO/c1-8(2)5-7(8)9(3,6-10)11-4/h7H,5-6,10H2,1-4H3. The fourth-order valence-electron chi connectivity index (χ4n) is 1.88. The Morgan fingerprint density at radius 1 is 1.64 bits per heavy atom. The first-order valence-electron chi connectivity index (χ1n) is 4.21. The first-order chi connectivity index (χ1) is 4.96. The van der Waals surface area contributed by atoms with Gasteiger partial charge in [0.2, 0.25) is 0 Å². The number of nitrogens with two attached hydrogens (primary N) is 1. The number of rotatable bonds is 3. The van der Waals surface area contributed by atoms with Crippen molar-refractivity contribution in [2.24, 2.45) is 17.1 Å². The molecule has 0 amide bonds. The van der Waals surface area contributed by atoms with Crippen LogP contribution in [0.15, 0.2) is 0 Å². The summed E-state index contributed by atoms with van der Waals surface area (Å²) >= 11 is 0. The second kappa shape index (κ2) is 2.46. The molecule has 0 aromatic rings. The van der Waals surface area contributed by atoms with E-state index in [0.717, 1.165) is 0 Å². The van der Waals surface area contributed by atoms with Gasteiger partial charge in [-0.1, -0.05) is 13.8 Å². The Hall–Kier alpha value is -0.0800. The molecule has 0 aliphatic heterocycles. The number of methoxy groups -OCH3 is 1. The Bertz CT molecular complexity index is 150. The third-order valence-corrected chi connectivity index (χ3v) is 3.12. The van der Waals surface area contributed by atoms with Gasteiger partial charge in [0.15, 0.2) is 0 Å². The number of ether oxygens (including phenoxy) is 1. The molecule has 0 bridgehead atoms. The molecule has 1 rings (SSSR count). The van der Waals surface area contributed by atoms with Crippen LogP contribution in [0.2, 0.25) is 0 Å². The lowest BCUT2D eigenvalue weighted by atomic mass is 9.94. The first-order valence-corrected chi connectivity index (χ1v) is 4.21. The van der Waals surface area contributed by atoms with Gasteiger partial charge in [-0.2, -0.15) is 0 Å². The van der Waals surface area contributed by atoms with Crippen molar-refractivity contribution in [2.45, 2.75) is 32.8 Å². The van der Waals surface area contributed by atoms with Crippen LogP contribution in [0.3, 0.4) is 0 Å². The molecular formula is C9H19NO. The summed E-state index contributed by atoms with van der Waals surface area (Å²) < 4.78 is 5.42. The number of hydrogen-bond donors (Lipinski definition) is 1. The maximum Gasteiger partial charge on any atom is 0.0805 e. The van der Waals surface area contributed by atoms with E-state index >= 15 is 0 Å². The average molecular weight is 157 g/mol. The molecule has 0 spiro atoms. The van der Waals surface area contributed by atoms with E-state index in [1.54, 1.807) is 7.11 Å². The molecule has 11 heavy (non-hydrogen) atoms. The van der Waals surface area contributed by atoms with Gasteiger partial charge in [-0.15, -0.1) is 0 Å². The van der Waals surface area contributed by atoms with Crippen molar-refractivity contribution in [1.29, 1.82) is 0 Å². The van der Waals surface area contributed by atoms with Crippen molar-refractivity contribution in [1.82, 2.24) is 0 Å². The van der Waals surface area contributed by atoms with Crippen LogP contribution in [-0.2, 0) is 4.74 Å². The fraction of sp³-hybridized carbons (Fsp3) is 1.00. The SMILES string of the molecule is COC(C)(CN)C1CC1(C)C. The van der Waals surface area contributed by atoms with Crippen LogP contribution in [0.4, 0.5) is 0 Å². The summed E-state index contributed by atoms with van der Waals surface area (Å²) in [6.07, 6.45) is 1.24. The van der Waals surface area contributed by atoms with Gasteiger partial charge in [0.05, 0.1) is 5.60 Å². The molecule has 1 aliphatic carbocycles. The van der Waals surface area contributed by atoms with E-state index in [1.165, 1.54) is 6.42 Å². The lowest BCUT2D eigenvalue weighted by molar-refractivity contribution is -0.0144. The minimum Gasteiger partial charge on any atom is -0.377 e. The highest BCUT2D eigenvalue weighted by molar-refractivity contribution is 5.06. The summed E-state index contributed by atoms with van der Waals surface area (Å²) in [5.74, 6) is 0.644. The Morgan fingerprint density at radius 3 is 2.18 bits per heavy atom. The highest BCUT2D eigenvalue weighted by atomic mass is 16.5. The van der Waals surface area contributed by atoms with Crippen LogP contribution in [0, 0.1) is 11.3 Å². The lowest BCUT2D eigenvalue weighted by Gasteiger charge is -2.28. The highest BCUT2D eigenvalue weighted by Gasteiger charge is 2.55. The van der Waals surface area contributed by atoms with Gasteiger partial charge in [0.25, 0.3) is 0 Å². The third kappa shape index (κ3) is 1.42. The van der Waals surface area contributed by atoms with Crippen molar-refractivity contribution >= 4 is 0 Å². The summed E-state index contributed by atoms with van der Waals surface area (Å²) in [7, 11) is 1.75. The fourth-order valence-corrected chi connectivity index (χ4v) is 1.88. The van der Waals surface area contributed by atoms with Crippen molar-refractivity contribution in [2.75, 3.05) is 13.7 Å². The van der Waals surface area contributed by atoms with Gasteiger partial charge < -0.3 is 10.5 Å². The van der Waals surface area contributed by atoms with E-state index in [1.807, 2.05) is 0 Å². The molecule has 2 atom stereocenters. The second-order valence-corrected chi connectivity index (χ2v) is 4.47. The summed E-state index contributed by atoms with van der Waals surface area (Å²) in [4.78, 5) is 0. The smallest absolute Gasteiger partial charge is 0.0805 e. The van der Waals surface area contributed by atoms with E-state index in [-0.39, 0.29) is 5.60 Å². The van der Waals surface area contributed by atoms with Gasteiger partial charge in [-0.25, -0.2) is 0 Å². The molecule has 2 nitrogen and oxygen atoms in total. The van der Waals surface area contributed by atoms with Crippen LogP contribution in [0.25, 0.3) is 0 Å². The summed E-state index contributed by atoms with van der Waals surface area (Å²) in [6.45, 7) is 7.26. The van der Waals surface area contributed by atoms with Crippen molar-refractivity contribution < 1.29 is 4.74 Å². The van der Waals surface area contributed by atoms with Crippen molar-refractivity contribution in [3.63, 3.8) is 0 Å². The molecule has 2 heteroatoms. The van der Waals surface area contributed by atoms with Crippen molar-refractivity contribution in [3.8, 4) is 0 Å². The summed E-state index contributed by atoms with van der Waals surface area (Å²) in [5, 5.41) is 0. The molecule has 0 radical (unpaired) electrons. The molecule has 1 aliphatic rings. The molecular weight excluding hydrogens is 138 g/mol. The predicted molar refractivity (Wildman–Crippen MR) is 46.4 cm³/mol. The van der Waals surface area contributed by atoms with Crippen LogP contribution in [0.5, 0.6) is 0 Å². The third-order valence-electron chi connectivity index (χ3n) is 3.12. The van der Waals surface area contributed by atoms with Gasteiger partial charge in [-0.05, 0) is 24.7 Å². The minimum absolute atomic E-state index is 0.0937. The monoisotopic (exact) mass is 157 g/mol. The van der Waals surface area contributed by atoms with Gasteiger partial charge >= 0.3 is 0 Å². The first kappa shape index (κ1) is 9.01. The summed E-state index contributed by atoms with van der Waals surface area (Å²) in [6, 6.07) is 0. The van der Waals surface area contributed by atoms with Crippen LogP contribution in [0.1, 0.15) is 27.2 Å². The largest absolute Gasteiger partial charge is 0.377 e. The van der Waals surface area contributed by atoms with Gasteiger partial charge in [0.1, 0.15) is 0 Å². The quantitative estimate of drug-likeness (QED) is 0.672. The number of hydrogen-bond acceptors (Lipinski definition) is 2. The molecule has 0 aromatic heterocycles. The van der Waals surface area contributed by atoms with Gasteiger partial charge in [-0.3, -0.25) is 0 Å². The maximum atomic E-state index is 5.65. The normalized spacial score (nSPS) is 33.0. The van der Waals surface area contributed by atoms with E-state index in [0.29, 0.717) is 17.9 Å². The highest BCUT2D eigenvalue weighted by Crippen LogP contribution is 2.57. The van der Waals surface area contributed by atoms with E-state index in [2.05, 4.69) is 20.8 Å². The molecule has 1 fully saturated rings. The maximum absolute atomic E-state index is 5.65. The Kier molecular flexibility index (Phi) is 2.01. The zero-order valence-electron chi connectivity index (χ0n) is 7.98. The molecule has 0 heterocycles. The molecule has 2 unspecified atom stereocenters. The molecule has 1 saturated carbocycles. The second-order valence-electron chi connectivity index (χ2n) is 4.47. The molecule has 0 saturated heterocycles. The molecule has 0 aromatic carbocycles. The zero-order valence-corrected chi connectivity index (χ0v) is 7.98. The minimum atomic E-state index is -0.0937. The van der Waals surface area contributed by atoms with E-state index in [9.17, 15) is 0 Å². The predicted octanol–water partition coefficient (Wildman–Crippen LogP) is 1.40. The van der Waals surface area contributed by atoms with Crippen LogP contribution in [-0.4, -0.2) is 19.3 Å². The Balaban J connectivity index is 2.59. The van der Waals surface area contributed by atoms with Gasteiger partial charge in [0, 0.05) is 13.7 Å². The molecule has 2 N–H and O–H groups in total. The van der Waals surface area contributed by atoms with Crippen LogP contribution >= 0.6 is 0 Å². The topological polar surface area (TPSA) is 35.2 Å².